The highest BCUT2D eigenvalue weighted by atomic mass is 32.2. The number of hydrogen-bond donors (Lipinski definition) is 1. The van der Waals surface area contributed by atoms with Crippen LogP contribution in [-0.4, -0.2) is 31.9 Å². The summed E-state index contributed by atoms with van der Waals surface area (Å²) in [5, 5.41) is 4.10. The minimum atomic E-state index is -3.77. The SMILES string of the molecule is COc1ccccc1S(=O)(=O)Nc1cccc(OCCn2cccn2)c1. The number of nitrogens with one attached hydrogen (secondary N) is 1. The second-order valence-corrected chi connectivity index (χ2v) is 7.05. The summed E-state index contributed by atoms with van der Waals surface area (Å²) < 4.78 is 40.3. The summed E-state index contributed by atoms with van der Waals surface area (Å²) in [7, 11) is -2.34. The van der Waals surface area contributed by atoms with E-state index in [-0.39, 0.29) is 10.6 Å². The van der Waals surface area contributed by atoms with Gasteiger partial charge in [-0.25, -0.2) is 8.42 Å². The van der Waals surface area contributed by atoms with Crippen LogP contribution in [0.3, 0.4) is 0 Å². The van der Waals surface area contributed by atoms with Crippen LogP contribution in [0.2, 0.25) is 0 Å². The van der Waals surface area contributed by atoms with Gasteiger partial charge in [-0.3, -0.25) is 9.40 Å². The highest BCUT2D eigenvalue weighted by Gasteiger charge is 2.19. The molecule has 7 nitrogen and oxygen atoms in total. The molecule has 136 valence electrons. The largest absolute Gasteiger partial charge is 0.495 e. The zero-order chi connectivity index (χ0) is 18.4. The van der Waals surface area contributed by atoms with Gasteiger partial charge in [-0.1, -0.05) is 18.2 Å². The number of nitrogens with zero attached hydrogens (tertiary/aromatic N) is 2. The smallest absolute Gasteiger partial charge is 0.265 e. The van der Waals surface area contributed by atoms with Crippen LogP contribution in [0.5, 0.6) is 11.5 Å². The molecule has 0 unspecified atom stereocenters. The van der Waals surface area contributed by atoms with Crippen molar-refractivity contribution in [2.75, 3.05) is 18.4 Å². The Morgan fingerprint density at radius 3 is 2.73 bits per heavy atom. The van der Waals surface area contributed by atoms with Crippen LogP contribution in [0.25, 0.3) is 0 Å². The molecule has 0 radical (unpaired) electrons. The number of rotatable bonds is 8. The lowest BCUT2D eigenvalue weighted by molar-refractivity contribution is 0.291. The van der Waals surface area contributed by atoms with E-state index < -0.39 is 10.0 Å². The standard InChI is InChI=1S/C18H19N3O4S/c1-24-17-8-2-3-9-18(17)26(22,23)20-15-6-4-7-16(14-15)25-13-12-21-11-5-10-19-21/h2-11,14,20H,12-13H2,1H3. The van der Waals surface area contributed by atoms with Crippen LogP contribution < -0.4 is 14.2 Å². The van der Waals surface area contributed by atoms with Crippen molar-refractivity contribution >= 4 is 15.7 Å². The van der Waals surface area contributed by atoms with E-state index in [0.29, 0.717) is 24.6 Å². The summed E-state index contributed by atoms with van der Waals surface area (Å²) in [6.07, 6.45) is 3.55. The summed E-state index contributed by atoms with van der Waals surface area (Å²) in [6.45, 7) is 1.02. The molecule has 0 amide bonds. The molecule has 1 aromatic heterocycles. The first-order chi connectivity index (χ1) is 12.6. The van der Waals surface area contributed by atoms with Gasteiger partial charge in [0, 0.05) is 18.5 Å². The molecule has 1 heterocycles. The van der Waals surface area contributed by atoms with E-state index in [1.807, 2.05) is 12.3 Å². The summed E-state index contributed by atoms with van der Waals surface area (Å²) in [4.78, 5) is 0.0764. The van der Waals surface area contributed by atoms with Crippen molar-refractivity contribution in [3.63, 3.8) is 0 Å². The fraction of sp³-hybridized carbons (Fsp3) is 0.167. The normalized spacial score (nSPS) is 11.1. The van der Waals surface area contributed by atoms with E-state index in [2.05, 4.69) is 9.82 Å². The number of benzene rings is 2. The Kier molecular flexibility index (Phi) is 5.43. The predicted octanol–water partition coefficient (Wildman–Crippen LogP) is 2.77. The second-order valence-electron chi connectivity index (χ2n) is 5.40. The zero-order valence-electron chi connectivity index (χ0n) is 14.2. The Morgan fingerprint density at radius 1 is 1.12 bits per heavy atom. The first kappa shape index (κ1) is 17.8. The van der Waals surface area contributed by atoms with E-state index in [1.54, 1.807) is 53.3 Å². The fourth-order valence-corrected chi connectivity index (χ4v) is 3.61. The molecular formula is C18H19N3O4S. The van der Waals surface area contributed by atoms with E-state index in [9.17, 15) is 8.42 Å². The van der Waals surface area contributed by atoms with Crippen molar-refractivity contribution in [1.82, 2.24) is 9.78 Å². The average molecular weight is 373 g/mol. The highest BCUT2D eigenvalue weighted by molar-refractivity contribution is 7.92. The minimum Gasteiger partial charge on any atom is -0.495 e. The molecule has 26 heavy (non-hydrogen) atoms. The van der Waals surface area contributed by atoms with Crippen molar-refractivity contribution in [3.05, 3.63) is 67.0 Å². The van der Waals surface area contributed by atoms with Crippen molar-refractivity contribution < 1.29 is 17.9 Å². The Labute approximate surface area is 152 Å². The number of anilines is 1. The molecule has 2 aromatic carbocycles. The third-order valence-corrected chi connectivity index (χ3v) is 5.01. The fourth-order valence-electron chi connectivity index (χ4n) is 2.39. The summed E-state index contributed by atoms with van der Waals surface area (Å²) in [5.74, 6) is 0.851. The monoisotopic (exact) mass is 373 g/mol. The van der Waals surface area contributed by atoms with Gasteiger partial charge in [0.2, 0.25) is 0 Å². The maximum Gasteiger partial charge on any atom is 0.265 e. The third-order valence-electron chi connectivity index (χ3n) is 3.59. The third kappa shape index (κ3) is 4.34. The number of methoxy groups -OCH3 is 1. The topological polar surface area (TPSA) is 82.5 Å². The molecule has 0 saturated carbocycles. The molecule has 0 aliphatic carbocycles. The van der Waals surface area contributed by atoms with Gasteiger partial charge >= 0.3 is 0 Å². The van der Waals surface area contributed by atoms with Crippen molar-refractivity contribution in [2.45, 2.75) is 11.4 Å². The average Bonchev–Trinajstić information content (AvgIpc) is 3.15. The zero-order valence-corrected chi connectivity index (χ0v) is 15.0. The molecule has 8 heteroatoms. The summed E-state index contributed by atoms with van der Waals surface area (Å²) in [5.41, 5.74) is 0.410. The van der Waals surface area contributed by atoms with Crippen molar-refractivity contribution in [1.29, 1.82) is 0 Å². The van der Waals surface area contributed by atoms with E-state index in [0.717, 1.165) is 0 Å². The molecule has 0 aliphatic rings. The first-order valence-electron chi connectivity index (χ1n) is 7.94. The molecule has 0 atom stereocenters. The Hall–Kier alpha value is -3.00. The molecule has 1 N–H and O–H groups in total. The first-order valence-corrected chi connectivity index (χ1v) is 9.43. The number of aromatic nitrogens is 2. The van der Waals surface area contributed by atoms with E-state index >= 15 is 0 Å². The lowest BCUT2D eigenvalue weighted by Gasteiger charge is -2.12. The molecule has 0 fully saturated rings. The van der Waals surface area contributed by atoms with E-state index in [4.69, 9.17) is 9.47 Å². The number of sulfonamides is 1. The molecule has 0 spiro atoms. The summed E-state index contributed by atoms with van der Waals surface area (Å²) >= 11 is 0. The highest BCUT2D eigenvalue weighted by Crippen LogP contribution is 2.26. The Morgan fingerprint density at radius 2 is 1.96 bits per heavy atom. The van der Waals surface area contributed by atoms with Crippen LogP contribution in [0.15, 0.2) is 71.9 Å². The van der Waals surface area contributed by atoms with Gasteiger partial charge in [-0.2, -0.15) is 5.10 Å². The molecule has 3 aromatic rings. The van der Waals surface area contributed by atoms with Gasteiger partial charge in [-0.15, -0.1) is 0 Å². The molecule has 3 rings (SSSR count). The van der Waals surface area contributed by atoms with Crippen LogP contribution in [-0.2, 0) is 16.6 Å². The van der Waals surface area contributed by atoms with Gasteiger partial charge in [0.15, 0.2) is 0 Å². The maximum atomic E-state index is 12.6. The van der Waals surface area contributed by atoms with Crippen LogP contribution >= 0.6 is 0 Å². The van der Waals surface area contributed by atoms with E-state index in [1.165, 1.54) is 13.2 Å². The van der Waals surface area contributed by atoms with Gasteiger partial charge in [-0.05, 0) is 30.3 Å². The lowest BCUT2D eigenvalue weighted by Crippen LogP contribution is -2.14. The maximum absolute atomic E-state index is 12.6. The molecule has 0 bridgehead atoms. The number of ether oxygens (including phenoxy) is 2. The van der Waals surface area contributed by atoms with Gasteiger partial charge in [0.1, 0.15) is 23.0 Å². The summed E-state index contributed by atoms with van der Waals surface area (Å²) in [6, 6.07) is 15.1. The van der Waals surface area contributed by atoms with Crippen molar-refractivity contribution in [2.24, 2.45) is 0 Å². The van der Waals surface area contributed by atoms with Crippen LogP contribution in [0.4, 0.5) is 5.69 Å². The predicted molar refractivity (Wildman–Crippen MR) is 98.0 cm³/mol. The minimum absolute atomic E-state index is 0.0764. The number of para-hydroxylation sites is 1. The molecule has 0 saturated heterocycles. The van der Waals surface area contributed by atoms with Crippen molar-refractivity contribution in [3.8, 4) is 11.5 Å². The lowest BCUT2D eigenvalue weighted by atomic mass is 10.3. The van der Waals surface area contributed by atoms with Crippen LogP contribution in [0.1, 0.15) is 0 Å². The van der Waals surface area contributed by atoms with Gasteiger partial charge in [0.25, 0.3) is 10.0 Å². The Bertz CT molecular complexity index is 956. The van der Waals surface area contributed by atoms with Gasteiger partial charge < -0.3 is 9.47 Å². The Balaban J connectivity index is 1.69. The number of hydrogen-bond acceptors (Lipinski definition) is 5. The van der Waals surface area contributed by atoms with Crippen LogP contribution in [0, 0.1) is 0 Å². The quantitative estimate of drug-likeness (QED) is 0.656. The molecule has 0 aliphatic heterocycles. The second kappa shape index (κ2) is 7.92. The van der Waals surface area contributed by atoms with Gasteiger partial charge in [0.05, 0.1) is 19.3 Å². The molecular weight excluding hydrogens is 354 g/mol.